The van der Waals surface area contributed by atoms with Gasteiger partial charge in [-0.1, -0.05) is 13.8 Å². The second-order valence-electron chi connectivity index (χ2n) is 5.85. The lowest BCUT2D eigenvalue weighted by molar-refractivity contribution is -0.142. The van der Waals surface area contributed by atoms with E-state index >= 15 is 0 Å². The van der Waals surface area contributed by atoms with E-state index in [1.54, 1.807) is 20.0 Å². The van der Waals surface area contributed by atoms with Crippen LogP contribution in [0.2, 0.25) is 0 Å². The van der Waals surface area contributed by atoms with Gasteiger partial charge >= 0.3 is 5.97 Å². The molecular formula is C16H21NO4. The van der Waals surface area contributed by atoms with E-state index in [1.807, 2.05) is 12.1 Å². The summed E-state index contributed by atoms with van der Waals surface area (Å²) in [5, 5.41) is 8.83. The van der Waals surface area contributed by atoms with Gasteiger partial charge in [-0.05, 0) is 30.5 Å². The molecule has 1 aromatic heterocycles. The summed E-state index contributed by atoms with van der Waals surface area (Å²) in [6.45, 7) is 3.94. The zero-order chi connectivity index (χ0) is 15.6. The van der Waals surface area contributed by atoms with Gasteiger partial charge in [0, 0.05) is 25.6 Å². The number of carboxylic acid groups (broad SMARTS) is 1. The van der Waals surface area contributed by atoms with Crippen molar-refractivity contribution in [2.45, 2.75) is 26.2 Å². The second kappa shape index (κ2) is 6.16. The monoisotopic (exact) mass is 291 g/mol. The molecule has 0 saturated heterocycles. The van der Waals surface area contributed by atoms with Gasteiger partial charge in [-0.3, -0.25) is 9.59 Å². The van der Waals surface area contributed by atoms with Gasteiger partial charge in [0.15, 0.2) is 0 Å². The Bertz CT molecular complexity index is 560. The number of carbonyl (C=O) groups is 2. The molecule has 5 heteroatoms. The van der Waals surface area contributed by atoms with Crippen LogP contribution in [-0.2, 0) is 9.59 Å². The first-order valence-electron chi connectivity index (χ1n) is 7.14. The third kappa shape index (κ3) is 3.97. The number of hydrogen-bond donors (Lipinski definition) is 1. The summed E-state index contributed by atoms with van der Waals surface area (Å²) in [5.74, 6) is 1.09. The van der Waals surface area contributed by atoms with Crippen molar-refractivity contribution in [2.75, 3.05) is 13.6 Å². The molecule has 21 heavy (non-hydrogen) atoms. The third-order valence-electron chi connectivity index (χ3n) is 3.86. The number of carbonyl (C=O) groups excluding carboxylic acids is 1. The Morgan fingerprint density at radius 3 is 2.76 bits per heavy atom. The van der Waals surface area contributed by atoms with Gasteiger partial charge in [-0.15, -0.1) is 0 Å². The molecule has 0 aliphatic heterocycles. The molecule has 0 radical (unpaired) electrons. The molecule has 3 atom stereocenters. The van der Waals surface area contributed by atoms with Gasteiger partial charge in [-0.2, -0.15) is 0 Å². The first-order valence-corrected chi connectivity index (χ1v) is 7.14. The quantitative estimate of drug-likeness (QED) is 0.818. The fourth-order valence-corrected chi connectivity index (χ4v) is 2.24. The minimum absolute atomic E-state index is 0.182. The zero-order valence-electron chi connectivity index (χ0n) is 12.6. The number of aliphatic carboxylic acids is 1. The SMILES string of the molecule is CC(CN(C)C(=O)C=Cc1ccc(C2CC2C)o1)C(=O)O. The van der Waals surface area contributed by atoms with Crippen molar-refractivity contribution in [3.8, 4) is 0 Å². The maximum absolute atomic E-state index is 11.9. The smallest absolute Gasteiger partial charge is 0.308 e. The van der Waals surface area contributed by atoms with Gasteiger partial charge in [0.2, 0.25) is 5.91 Å². The van der Waals surface area contributed by atoms with Crippen molar-refractivity contribution in [1.82, 2.24) is 4.90 Å². The van der Waals surface area contributed by atoms with E-state index in [-0.39, 0.29) is 12.5 Å². The van der Waals surface area contributed by atoms with Crippen molar-refractivity contribution in [2.24, 2.45) is 11.8 Å². The molecule has 1 aliphatic carbocycles. The molecule has 1 saturated carbocycles. The minimum Gasteiger partial charge on any atom is -0.481 e. The fraction of sp³-hybridized carbons (Fsp3) is 0.500. The van der Waals surface area contributed by atoms with Crippen LogP contribution in [0.4, 0.5) is 0 Å². The molecule has 1 N–H and O–H groups in total. The Kier molecular flexibility index (Phi) is 4.50. The minimum atomic E-state index is -0.909. The number of likely N-dealkylation sites (N-methyl/N-ethyl adjacent to an activating group) is 1. The molecule has 0 bridgehead atoms. The predicted octanol–water partition coefficient (Wildman–Crippen LogP) is 2.60. The maximum Gasteiger partial charge on any atom is 0.308 e. The number of hydrogen-bond acceptors (Lipinski definition) is 3. The van der Waals surface area contributed by atoms with Crippen LogP contribution in [0.3, 0.4) is 0 Å². The molecule has 2 rings (SSSR count). The van der Waals surface area contributed by atoms with Crippen LogP contribution >= 0.6 is 0 Å². The Labute approximate surface area is 124 Å². The standard InChI is InChI=1S/C16H21NO4/c1-10-8-13(10)14-6-4-12(21-14)5-7-15(18)17(3)9-11(2)16(19)20/h4-7,10-11,13H,8-9H2,1-3H3,(H,19,20). The number of nitrogens with zero attached hydrogens (tertiary/aromatic N) is 1. The molecule has 3 unspecified atom stereocenters. The van der Waals surface area contributed by atoms with Crippen LogP contribution in [0, 0.1) is 11.8 Å². The van der Waals surface area contributed by atoms with Crippen LogP contribution in [-0.4, -0.2) is 35.5 Å². The van der Waals surface area contributed by atoms with Crippen LogP contribution in [0.1, 0.15) is 37.7 Å². The lowest BCUT2D eigenvalue weighted by atomic mass is 10.2. The highest BCUT2D eigenvalue weighted by Gasteiger charge is 2.36. The normalized spacial score (nSPS) is 22.2. The largest absolute Gasteiger partial charge is 0.481 e. The van der Waals surface area contributed by atoms with Crippen LogP contribution in [0.15, 0.2) is 22.6 Å². The highest BCUT2D eigenvalue weighted by molar-refractivity contribution is 5.91. The summed E-state index contributed by atoms with van der Waals surface area (Å²) in [6.07, 6.45) is 4.19. The Hall–Kier alpha value is -2.04. The molecular weight excluding hydrogens is 270 g/mol. The number of furan rings is 1. The van der Waals surface area contributed by atoms with E-state index in [4.69, 9.17) is 9.52 Å². The van der Waals surface area contributed by atoms with E-state index in [0.29, 0.717) is 17.6 Å². The lowest BCUT2D eigenvalue weighted by Crippen LogP contribution is -2.32. The van der Waals surface area contributed by atoms with Crippen molar-refractivity contribution in [3.63, 3.8) is 0 Å². The number of carboxylic acids is 1. The van der Waals surface area contributed by atoms with Gasteiger partial charge in [0.05, 0.1) is 5.92 Å². The Morgan fingerprint density at radius 1 is 1.52 bits per heavy atom. The van der Waals surface area contributed by atoms with E-state index in [9.17, 15) is 9.59 Å². The van der Waals surface area contributed by atoms with E-state index < -0.39 is 11.9 Å². The summed E-state index contributed by atoms with van der Waals surface area (Å²) >= 11 is 0. The molecule has 1 aromatic rings. The van der Waals surface area contributed by atoms with Crippen molar-refractivity contribution in [1.29, 1.82) is 0 Å². The van der Waals surface area contributed by atoms with Crippen LogP contribution in [0.5, 0.6) is 0 Å². The zero-order valence-corrected chi connectivity index (χ0v) is 12.6. The highest BCUT2D eigenvalue weighted by Crippen LogP contribution is 2.47. The predicted molar refractivity (Wildman–Crippen MR) is 78.7 cm³/mol. The Morgan fingerprint density at radius 2 is 2.19 bits per heavy atom. The third-order valence-corrected chi connectivity index (χ3v) is 3.86. The second-order valence-corrected chi connectivity index (χ2v) is 5.85. The highest BCUT2D eigenvalue weighted by atomic mass is 16.4. The van der Waals surface area contributed by atoms with Crippen molar-refractivity contribution < 1.29 is 19.1 Å². The van der Waals surface area contributed by atoms with Gasteiger partial charge in [0.1, 0.15) is 11.5 Å². The number of amides is 1. The lowest BCUT2D eigenvalue weighted by Gasteiger charge is -2.17. The van der Waals surface area contributed by atoms with Crippen molar-refractivity contribution in [3.05, 3.63) is 29.7 Å². The topological polar surface area (TPSA) is 70.8 Å². The van der Waals surface area contributed by atoms with E-state index in [1.165, 1.54) is 11.0 Å². The average Bonchev–Trinajstić information content (AvgIpc) is 2.98. The molecule has 1 amide bonds. The molecule has 0 aromatic carbocycles. The van der Waals surface area contributed by atoms with E-state index in [2.05, 4.69) is 6.92 Å². The molecule has 1 aliphatic rings. The Balaban J connectivity index is 1.89. The summed E-state index contributed by atoms with van der Waals surface area (Å²) in [5.41, 5.74) is 0. The first kappa shape index (κ1) is 15.4. The average molecular weight is 291 g/mol. The maximum atomic E-state index is 11.9. The van der Waals surface area contributed by atoms with Crippen LogP contribution < -0.4 is 0 Å². The molecule has 1 fully saturated rings. The summed E-state index contributed by atoms with van der Waals surface area (Å²) in [6, 6.07) is 3.80. The fourth-order valence-electron chi connectivity index (χ4n) is 2.24. The molecule has 5 nitrogen and oxygen atoms in total. The van der Waals surface area contributed by atoms with Crippen molar-refractivity contribution >= 4 is 18.0 Å². The van der Waals surface area contributed by atoms with Crippen LogP contribution in [0.25, 0.3) is 6.08 Å². The molecule has 114 valence electrons. The summed E-state index contributed by atoms with van der Waals surface area (Å²) in [4.78, 5) is 24.0. The molecule has 0 spiro atoms. The summed E-state index contributed by atoms with van der Waals surface area (Å²) < 4.78 is 5.68. The van der Waals surface area contributed by atoms with Gasteiger partial charge in [0.25, 0.3) is 0 Å². The summed E-state index contributed by atoms with van der Waals surface area (Å²) in [7, 11) is 1.59. The number of rotatable bonds is 6. The van der Waals surface area contributed by atoms with Gasteiger partial charge in [-0.25, -0.2) is 0 Å². The molecule has 1 heterocycles. The van der Waals surface area contributed by atoms with E-state index in [0.717, 1.165) is 12.2 Å². The van der Waals surface area contributed by atoms with Gasteiger partial charge < -0.3 is 14.4 Å². The first-order chi connectivity index (χ1) is 9.88.